The fourth-order valence-corrected chi connectivity index (χ4v) is 4.60. The highest BCUT2D eigenvalue weighted by Gasteiger charge is 2.19. The minimum atomic E-state index is -0.309. The van der Waals surface area contributed by atoms with E-state index in [1.54, 1.807) is 30.6 Å². The van der Waals surface area contributed by atoms with Crippen LogP contribution in [0.4, 0.5) is 10.1 Å². The molecule has 39 heavy (non-hydrogen) atoms. The Bertz CT molecular complexity index is 1850. The molecule has 194 valence electrons. The second-order valence-corrected chi connectivity index (χ2v) is 10.7. The maximum absolute atomic E-state index is 14.6. The lowest BCUT2D eigenvalue weighted by molar-refractivity contribution is -0.117. The number of nitrogens with one attached hydrogen (secondary N) is 3. The van der Waals surface area contributed by atoms with Gasteiger partial charge in [0.1, 0.15) is 11.3 Å². The van der Waals surface area contributed by atoms with Gasteiger partial charge in [-0.2, -0.15) is 5.10 Å². The number of aromatic nitrogens is 6. The number of rotatable bonds is 5. The Hall–Kier alpha value is -4.92. The smallest absolute Gasteiger partial charge is 0.224 e. The molecule has 2 aromatic carbocycles. The lowest BCUT2D eigenvalue weighted by Crippen LogP contribution is -2.19. The molecule has 8 nitrogen and oxygen atoms in total. The van der Waals surface area contributed by atoms with Gasteiger partial charge in [0.2, 0.25) is 5.91 Å². The molecule has 4 heterocycles. The molecule has 9 heteroatoms. The number of amides is 1. The summed E-state index contributed by atoms with van der Waals surface area (Å²) in [5.41, 5.74) is 6.41. The van der Waals surface area contributed by atoms with E-state index in [1.807, 2.05) is 57.2 Å². The Morgan fingerprint density at radius 2 is 1.74 bits per heavy atom. The molecule has 1 amide bonds. The van der Waals surface area contributed by atoms with Crippen LogP contribution < -0.4 is 5.32 Å². The molecular weight excluding hydrogens is 493 g/mol. The van der Waals surface area contributed by atoms with Crippen molar-refractivity contribution in [1.29, 1.82) is 0 Å². The number of H-pyrrole nitrogens is 2. The van der Waals surface area contributed by atoms with Crippen molar-refractivity contribution in [2.24, 2.45) is 5.41 Å². The summed E-state index contributed by atoms with van der Waals surface area (Å²) in [6.45, 7) is 6.06. The van der Waals surface area contributed by atoms with Gasteiger partial charge >= 0.3 is 0 Å². The third-order valence-electron chi connectivity index (χ3n) is 6.32. The van der Waals surface area contributed by atoms with E-state index in [2.05, 4.69) is 25.5 Å². The van der Waals surface area contributed by atoms with Crippen LogP contribution in [0.5, 0.6) is 0 Å². The zero-order valence-electron chi connectivity index (χ0n) is 21.7. The normalized spacial score (nSPS) is 11.8. The summed E-state index contributed by atoms with van der Waals surface area (Å²) in [6, 6.07) is 17.9. The molecule has 0 aliphatic heterocycles. The van der Waals surface area contributed by atoms with Crippen molar-refractivity contribution in [3.05, 3.63) is 78.9 Å². The van der Waals surface area contributed by atoms with Crippen LogP contribution in [-0.2, 0) is 4.79 Å². The number of imidazole rings is 1. The van der Waals surface area contributed by atoms with E-state index in [0.717, 1.165) is 16.6 Å². The van der Waals surface area contributed by atoms with Crippen molar-refractivity contribution in [1.82, 2.24) is 30.1 Å². The fraction of sp³-hybridized carbons (Fsp3) is 0.167. The van der Waals surface area contributed by atoms with Crippen molar-refractivity contribution in [3.8, 4) is 33.9 Å². The Morgan fingerprint density at radius 1 is 0.923 bits per heavy atom. The Labute approximate surface area is 223 Å². The Balaban J connectivity index is 1.37. The van der Waals surface area contributed by atoms with Gasteiger partial charge in [-0.1, -0.05) is 51.1 Å². The highest BCUT2D eigenvalue weighted by Crippen LogP contribution is 2.33. The van der Waals surface area contributed by atoms with Gasteiger partial charge in [-0.3, -0.25) is 14.9 Å². The molecule has 0 bridgehead atoms. The number of hydrogen-bond acceptors (Lipinski definition) is 5. The molecule has 0 saturated carbocycles. The van der Waals surface area contributed by atoms with Crippen LogP contribution in [0.2, 0.25) is 0 Å². The maximum Gasteiger partial charge on any atom is 0.224 e. The predicted octanol–water partition coefficient (Wildman–Crippen LogP) is 6.74. The van der Waals surface area contributed by atoms with Crippen LogP contribution in [-0.4, -0.2) is 36.0 Å². The number of carbonyl (C=O) groups is 1. The number of nitrogens with zero attached hydrogens (tertiary/aromatic N) is 4. The van der Waals surface area contributed by atoms with Crippen LogP contribution in [0.25, 0.3) is 56.0 Å². The molecule has 0 fully saturated rings. The number of aromatic amines is 2. The Kier molecular flexibility index (Phi) is 5.91. The molecule has 6 rings (SSSR count). The quantitative estimate of drug-likeness (QED) is 0.233. The predicted molar refractivity (Wildman–Crippen MR) is 150 cm³/mol. The number of anilines is 1. The topological polar surface area (TPSA) is 112 Å². The van der Waals surface area contributed by atoms with Gasteiger partial charge in [-0.05, 0) is 35.7 Å². The molecule has 0 spiro atoms. The summed E-state index contributed by atoms with van der Waals surface area (Å²) in [7, 11) is 0. The van der Waals surface area contributed by atoms with Gasteiger partial charge < -0.3 is 10.3 Å². The standard InChI is InChI=1S/C30H26FN7O/c1-30(2,3)14-25(39)33-18-13-17(15-32-16-18)22-11-12-24-27(34-22)28(38-37-24)29-35-23-10-6-8-20(26(23)36-29)19-7-4-5-9-21(19)31/h4-13,15-16H,14H2,1-3H3,(H,33,39)(H,35,36)(H,37,38). The molecule has 0 atom stereocenters. The van der Waals surface area contributed by atoms with Crippen molar-refractivity contribution in [3.63, 3.8) is 0 Å². The molecule has 0 unspecified atom stereocenters. The number of carbonyl (C=O) groups excluding carboxylic acids is 1. The van der Waals surface area contributed by atoms with Gasteiger partial charge in [0.25, 0.3) is 0 Å². The fourth-order valence-electron chi connectivity index (χ4n) is 4.60. The molecule has 0 aliphatic carbocycles. The van der Waals surface area contributed by atoms with Crippen molar-refractivity contribution < 1.29 is 9.18 Å². The van der Waals surface area contributed by atoms with E-state index in [1.165, 1.54) is 6.07 Å². The van der Waals surface area contributed by atoms with Crippen LogP contribution in [0.1, 0.15) is 27.2 Å². The molecule has 3 N–H and O–H groups in total. The lowest BCUT2D eigenvalue weighted by Gasteiger charge is -2.17. The van der Waals surface area contributed by atoms with Gasteiger partial charge in [-0.15, -0.1) is 0 Å². The zero-order valence-corrected chi connectivity index (χ0v) is 21.7. The van der Waals surface area contributed by atoms with Crippen molar-refractivity contribution in [2.45, 2.75) is 27.2 Å². The van der Waals surface area contributed by atoms with E-state index >= 15 is 0 Å². The average Bonchev–Trinajstić information content (AvgIpc) is 3.51. The summed E-state index contributed by atoms with van der Waals surface area (Å²) >= 11 is 0. The zero-order chi connectivity index (χ0) is 27.1. The highest BCUT2D eigenvalue weighted by molar-refractivity contribution is 5.96. The van der Waals surface area contributed by atoms with E-state index in [4.69, 9.17) is 9.97 Å². The van der Waals surface area contributed by atoms with Crippen molar-refractivity contribution >= 4 is 33.7 Å². The number of benzene rings is 2. The third kappa shape index (κ3) is 4.86. The summed E-state index contributed by atoms with van der Waals surface area (Å²) in [6.07, 6.45) is 3.72. The monoisotopic (exact) mass is 519 g/mol. The highest BCUT2D eigenvalue weighted by atomic mass is 19.1. The van der Waals surface area contributed by atoms with E-state index < -0.39 is 0 Å². The number of para-hydroxylation sites is 1. The van der Waals surface area contributed by atoms with Crippen LogP contribution in [0.3, 0.4) is 0 Å². The number of hydrogen-bond donors (Lipinski definition) is 3. The van der Waals surface area contributed by atoms with E-state index in [-0.39, 0.29) is 17.1 Å². The first-order valence-electron chi connectivity index (χ1n) is 12.6. The first kappa shape index (κ1) is 24.4. The minimum absolute atomic E-state index is 0.0679. The van der Waals surface area contributed by atoms with Crippen molar-refractivity contribution in [2.75, 3.05) is 5.32 Å². The second-order valence-electron chi connectivity index (χ2n) is 10.7. The molecule has 0 saturated heterocycles. The van der Waals surface area contributed by atoms with Crippen LogP contribution in [0.15, 0.2) is 73.1 Å². The van der Waals surface area contributed by atoms with Gasteiger partial charge in [0.15, 0.2) is 11.5 Å². The summed E-state index contributed by atoms with van der Waals surface area (Å²) in [5.74, 6) is 0.143. The summed E-state index contributed by atoms with van der Waals surface area (Å²) < 4.78 is 14.6. The van der Waals surface area contributed by atoms with Gasteiger partial charge in [0, 0.05) is 29.3 Å². The molecule has 6 aromatic rings. The molecular formula is C30H26FN7O. The Morgan fingerprint density at radius 3 is 2.56 bits per heavy atom. The SMILES string of the molecule is CC(C)(C)CC(=O)Nc1cncc(-c2ccc3[nH]nc(-c4nc5c(-c6ccccc6F)cccc5[nH]4)c3n2)c1. The molecule has 4 aromatic heterocycles. The molecule has 0 aliphatic rings. The maximum atomic E-state index is 14.6. The third-order valence-corrected chi connectivity index (χ3v) is 6.32. The van der Waals surface area contributed by atoms with Gasteiger partial charge in [0.05, 0.1) is 34.1 Å². The summed E-state index contributed by atoms with van der Waals surface area (Å²) in [4.78, 5) is 29.7. The largest absolute Gasteiger partial charge is 0.336 e. The van der Waals surface area contributed by atoms with E-state index in [9.17, 15) is 9.18 Å². The first-order valence-corrected chi connectivity index (χ1v) is 12.6. The van der Waals surface area contributed by atoms with Gasteiger partial charge in [-0.25, -0.2) is 14.4 Å². The van der Waals surface area contributed by atoms with Crippen LogP contribution in [0, 0.1) is 11.2 Å². The van der Waals surface area contributed by atoms with Crippen LogP contribution >= 0.6 is 0 Å². The van der Waals surface area contributed by atoms with E-state index in [0.29, 0.717) is 51.5 Å². The number of halogens is 1. The minimum Gasteiger partial charge on any atom is -0.336 e. The lowest BCUT2D eigenvalue weighted by atomic mass is 9.92. The average molecular weight is 520 g/mol. The number of fused-ring (bicyclic) bond motifs is 2. The number of pyridine rings is 2. The second kappa shape index (κ2) is 9.43. The first-order chi connectivity index (χ1) is 18.7. The summed E-state index contributed by atoms with van der Waals surface area (Å²) in [5, 5.41) is 10.4. The molecule has 0 radical (unpaired) electrons.